The van der Waals surface area contributed by atoms with E-state index in [4.69, 9.17) is 28.3 Å². The molecule has 0 saturated carbocycles. The maximum absolute atomic E-state index is 12.2. The van der Waals surface area contributed by atoms with E-state index in [-0.39, 0.29) is 11.3 Å². The van der Waals surface area contributed by atoms with Gasteiger partial charge in [0.25, 0.3) is 0 Å². The number of benzene rings is 1. The molecule has 2 rings (SSSR count). The second-order valence-corrected chi connectivity index (χ2v) is 6.79. The van der Waals surface area contributed by atoms with Crippen molar-refractivity contribution in [3.05, 3.63) is 39.9 Å². The van der Waals surface area contributed by atoms with Crippen molar-refractivity contribution >= 4 is 52.9 Å². The Hall–Kier alpha value is -1.17. The molecule has 1 heterocycles. The maximum Gasteiger partial charge on any atom is 0.327 e. The molecule has 1 N–H and O–H groups in total. The average molecular weight is 346 g/mol. The molecule has 1 fully saturated rings. The van der Waals surface area contributed by atoms with Crippen molar-refractivity contribution in [3.63, 3.8) is 0 Å². The standard InChI is InChI=1S/C14H13Cl2NO3S/c1-8-17(12(7-21-8)14(19)20)13(18)3-2-9-4-10(15)6-11(16)5-9/h2-6,8,12H,7H2,1H3,(H,19,20). The van der Waals surface area contributed by atoms with Gasteiger partial charge in [-0.2, -0.15) is 0 Å². The lowest BCUT2D eigenvalue weighted by Gasteiger charge is -2.23. The van der Waals surface area contributed by atoms with E-state index >= 15 is 0 Å². The minimum absolute atomic E-state index is 0.161. The summed E-state index contributed by atoms with van der Waals surface area (Å²) in [6.07, 6.45) is 2.93. The van der Waals surface area contributed by atoms with E-state index < -0.39 is 12.0 Å². The van der Waals surface area contributed by atoms with Gasteiger partial charge in [-0.1, -0.05) is 23.2 Å². The number of carboxylic acids is 1. The molecule has 112 valence electrons. The molecule has 2 unspecified atom stereocenters. The fraction of sp³-hybridized carbons (Fsp3) is 0.286. The fourth-order valence-electron chi connectivity index (χ4n) is 2.09. The Morgan fingerprint density at radius 1 is 1.33 bits per heavy atom. The van der Waals surface area contributed by atoms with Crippen molar-refractivity contribution in [1.29, 1.82) is 0 Å². The van der Waals surface area contributed by atoms with Crippen LogP contribution in [0, 0.1) is 0 Å². The predicted octanol–water partition coefficient (Wildman–Crippen LogP) is 3.38. The molecular weight excluding hydrogens is 333 g/mol. The van der Waals surface area contributed by atoms with Crippen LogP contribution < -0.4 is 0 Å². The molecule has 0 aliphatic carbocycles. The number of carboxylic acid groups (broad SMARTS) is 1. The molecule has 0 bridgehead atoms. The number of amides is 1. The fourth-order valence-corrected chi connectivity index (χ4v) is 3.81. The van der Waals surface area contributed by atoms with Gasteiger partial charge in [0, 0.05) is 21.9 Å². The van der Waals surface area contributed by atoms with E-state index in [1.54, 1.807) is 24.3 Å². The summed E-state index contributed by atoms with van der Waals surface area (Å²) in [6.45, 7) is 1.82. The number of halogens is 2. The van der Waals surface area contributed by atoms with Gasteiger partial charge in [0.05, 0.1) is 5.37 Å². The summed E-state index contributed by atoms with van der Waals surface area (Å²) in [7, 11) is 0. The zero-order chi connectivity index (χ0) is 15.6. The molecule has 1 aliphatic rings. The molecule has 1 saturated heterocycles. The number of carbonyl (C=O) groups excluding carboxylic acids is 1. The molecular formula is C14H13Cl2NO3S. The molecule has 1 aromatic rings. The van der Waals surface area contributed by atoms with Gasteiger partial charge in [-0.25, -0.2) is 4.79 Å². The van der Waals surface area contributed by atoms with Gasteiger partial charge in [-0.05, 0) is 36.8 Å². The van der Waals surface area contributed by atoms with Crippen molar-refractivity contribution in [2.24, 2.45) is 0 Å². The Balaban J connectivity index is 2.16. The molecule has 1 aromatic carbocycles. The van der Waals surface area contributed by atoms with Crippen LogP contribution >= 0.6 is 35.0 Å². The third-order valence-corrected chi connectivity index (χ3v) is 4.72. The molecule has 1 amide bonds. The second-order valence-electron chi connectivity index (χ2n) is 4.57. The average Bonchev–Trinajstić information content (AvgIpc) is 2.77. The molecule has 0 aromatic heterocycles. The van der Waals surface area contributed by atoms with Crippen LogP contribution in [0.15, 0.2) is 24.3 Å². The highest BCUT2D eigenvalue weighted by Gasteiger charge is 2.38. The smallest absolute Gasteiger partial charge is 0.327 e. The van der Waals surface area contributed by atoms with Crippen LogP contribution in [0.2, 0.25) is 10.0 Å². The third kappa shape index (κ3) is 3.93. The lowest BCUT2D eigenvalue weighted by atomic mass is 10.2. The second kappa shape index (κ2) is 6.73. The number of hydrogen-bond acceptors (Lipinski definition) is 3. The lowest BCUT2D eigenvalue weighted by Crippen LogP contribution is -2.43. The summed E-state index contributed by atoms with van der Waals surface area (Å²) < 4.78 is 0. The number of hydrogen-bond donors (Lipinski definition) is 1. The lowest BCUT2D eigenvalue weighted by molar-refractivity contribution is -0.147. The molecule has 4 nitrogen and oxygen atoms in total. The van der Waals surface area contributed by atoms with Crippen LogP contribution in [0.4, 0.5) is 0 Å². The molecule has 21 heavy (non-hydrogen) atoms. The van der Waals surface area contributed by atoms with Gasteiger partial charge in [-0.3, -0.25) is 4.79 Å². The van der Waals surface area contributed by atoms with Crippen LogP contribution in [0.5, 0.6) is 0 Å². The monoisotopic (exact) mass is 345 g/mol. The first-order valence-corrected chi connectivity index (χ1v) is 8.00. The highest BCUT2D eigenvalue weighted by Crippen LogP contribution is 2.29. The van der Waals surface area contributed by atoms with E-state index in [9.17, 15) is 9.59 Å². The van der Waals surface area contributed by atoms with Crippen LogP contribution in [0.3, 0.4) is 0 Å². The summed E-state index contributed by atoms with van der Waals surface area (Å²) in [4.78, 5) is 24.7. The van der Waals surface area contributed by atoms with E-state index in [0.29, 0.717) is 21.4 Å². The molecule has 2 atom stereocenters. The SMILES string of the molecule is CC1SCC(C(=O)O)N1C(=O)C=Cc1cc(Cl)cc(Cl)c1. The van der Waals surface area contributed by atoms with Crippen molar-refractivity contribution in [2.75, 3.05) is 5.75 Å². The summed E-state index contributed by atoms with van der Waals surface area (Å²) in [5, 5.41) is 9.93. The third-order valence-electron chi connectivity index (χ3n) is 3.07. The van der Waals surface area contributed by atoms with Crippen LogP contribution in [0.1, 0.15) is 12.5 Å². The highest BCUT2D eigenvalue weighted by molar-refractivity contribution is 8.00. The van der Waals surface area contributed by atoms with Crippen molar-refractivity contribution in [2.45, 2.75) is 18.3 Å². The minimum Gasteiger partial charge on any atom is -0.480 e. The molecule has 1 aliphatic heterocycles. The number of thioether (sulfide) groups is 1. The van der Waals surface area contributed by atoms with E-state index in [1.807, 2.05) is 6.92 Å². The molecule has 7 heteroatoms. The van der Waals surface area contributed by atoms with Crippen molar-refractivity contribution in [1.82, 2.24) is 4.90 Å². The van der Waals surface area contributed by atoms with Gasteiger partial charge in [0.2, 0.25) is 5.91 Å². The summed E-state index contributed by atoms with van der Waals surface area (Å²) in [5.74, 6) is -0.922. The first-order chi connectivity index (χ1) is 9.88. The zero-order valence-electron chi connectivity index (χ0n) is 11.1. The van der Waals surface area contributed by atoms with Gasteiger partial charge in [0.15, 0.2) is 0 Å². The normalized spacial score (nSPS) is 22.0. The quantitative estimate of drug-likeness (QED) is 0.853. The van der Waals surface area contributed by atoms with Gasteiger partial charge < -0.3 is 10.0 Å². The number of nitrogens with zero attached hydrogens (tertiary/aromatic N) is 1. The van der Waals surface area contributed by atoms with E-state index in [1.165, 1.54) is 22.7 Å². The zero-order valence-corrected chi connectivity index (χ0v) is 13.5. The predicted molar refractivity (Wildman–Crippen MR) is 85.7 cm³/mol. The van der Waals surface area contributed by atoms with E-state index in [0.717, 1.165) is 0 Å². The Morgan fingerprint density at radius 2 is 1.95 bits per heavy atom. The first-order valence-electron chi connectivity index (χ1n) is 6.19. The van der Waals surface area contributed by atoms with Crippen molar-refractivity contribution in [3.8, 4) is 0 Å². The number of aliphatic carboxylic acids is 1. The molecule has 0 spiro atoms. The maximum atomic E-state index is 12.2. The topological polar surface area (TPSA) is 57.6 Å². The minimum atomic E-state index is -0.987. The summed E-state index contributed by atoms with van der Waals surface area (Å²) in [6, 6.07) is 4.16. The van der Waals surface area contributed by atoms with Crippen LogP contribution in [0.25, 0.3) is 6.08 Å². The van der Waals surface area contributed by atoms with Gasteiger partial charge in [-0.15, -0.1) is 11.8 Å². The van der Waals surface area contributed by atoms with Crippen molar-refractivity contribution < 1.29 is 14.7 Å². The van der Waals surface area contributed by atoms with Crippen LogP contribution in [-0.2, 0) is 9.59 Å². The molecule has 0 radical (unpaired) electrons. The van der Waals surface area contributed by atoms with Crippen LogP contribution in [-0.4, -0.2) is 39.1 Å². The summed E-state index contributed by atoms with van der Waals surface area (Å²) >= 11 is 13.2. The largest absolute Gasteiger partial charge is 0.480 e. The van der Waals surface area contributed by atoms with Gasteiger partial charge >= 0.3 is 5.97 Å². The van der Waals surface area contributed by atoms with Gasteiger partial charge in [0.1, 0.15) is 6.04 Å². The Morgan fingerprint density at radius 3 is 2.52 bits per heavy atom. The summed E-state index contributed by atoms with van der Waals surface area (Å²) in [5.41, 5.74) is 0.687. The number of rotatable bonds is 3. The Bertz CT molecular complexity index is 586. The Labute approximate surface area is 136 Å². The highest BCUT2D eigenvalue weighted by atomic mass is 35.5. The number of carbonyl (C=O) groups is 2. The van der Waals surface area contributed by atoms with E-state index in [2.05, 4.69) is 0 Å². The first kappa shape index (κ1) is 16.2. The Kier molecular flexibility index (Phi) is 5.19.